The van der Waals surface area contributed by atoms with Crippen molar-refractivity contribution in [3.63, 3.8) is 0 Å². The first-order chi connectivity index (χ1) is 7.11. The molecule has 0 aromatic heterocycles. The van der Waals surface area contributed by atoms with Crippen LogP contribution in [-0.4, -0.2) is 11.1 Å². The van der Waals surface area contributed by atoms with Gasteiger partial charge in [0.2, 0.25) is 0 Å². The van der Waals surface area contributed by atoms with E-state index in [0.717, 1.165) is 17.6 Å². The molecule has 15 heavy (non-hydrogen) atoms. The van der Waals surface area contributed by atoms with E-state index in [1.54, 1.807) is 6.92 Å². The fourth-order valence-corrected chi connectivity index (χ4v) is 1.33. The zero-order chi connectivity index (χ0) is 11.3. The molecule has 0 bridgehead atoms. The van der Waals surface area contributed by atoms with Gasteiger partial charge in [0, 0.05) is 0 Å². The Labute approximate surface area is 90.3 Å². The van der Waals surface area contributed by atoms with Crippen molar-refractivity contribution in [1.82, 2.24) is 0 Å². The summed E-state index contributed by atoms with van der Waals surface area (Å²) in [6.45, 7) is 5.69. The van der Waals surface area contributed by atoms with Gasteiger partial charge in [-0.3, -0.25) is 4.79 Å². The normalized spacial score (nSPS) is 12.1. The van der Waals surface area contributed by atoms with E-state index >= 15 is 0 Å². The zero-order valence-corrected chi connectivity index (χ0v) is 8.94. The molecule has 80 valence electrons. The molecule has 2 heteroatoms. The highest BCUT2D eigenvalue weighted by Crippen LogP contribution is 2.20. The first-order valence-corrected chi connectivity index (χ1v) is 5.07. The summed E-state index contributed by atoms with van der Waals surface area (Å²) >= 11 is 0. The molecule has 0 amide bonds. The van der Waals surface area contributed by atoms with Crippen LogP contribution in [0.4, 0.5) is 0 Å². The lowest BCUT2D eigenvalue weighted by atomic mass is 9.98. The van der Waals surface area contributed by atoms with E-state index in [-0.39, 0.29) is 5.92 Å². The van der Waals surface area contributed by atoms with Crippen molar-refractivity contribution < 1.29 is 9.90 Å². The van der Waals surface area contributed by atoms with Gasteiger partial charge in [-0.15, -0.1) is 0 Å². The van der Waals surface area contributed by atoms with E-state index < -0.39 is 5.97 Å². The van der Waals surface area contributed by atoms with E-state index in [4.69, 9.17) is 5.11 Å². The molecule has 0 heterocycles. The van der Waals surface area contributed by atoms with Crippen molar-refractivity contribution in [2.45, 2.75) is 19.8 Å². The maximum atomic E-state index is 10.6. The van der Waals surface area contributed by atoms with Gasteiger partial charge < -0.3 is 5.11 Å². The monoisotopic (exact) mass is 204 g/mol. The van der Waals surface area contributed by atoms with E-state index in [2.05, 4.69) is 6.58 Å². The van der Waals surface area contributed by atoms with Crippen LogP contribution in [0.2, 0.25) is 0 Å². The Hall–Kier alpha value is -1.57. The fraction of sp³-hybridized carbons (Fsp3) is 0.308. The highest BCUT2D eigenvalue weighted by molar-refractivity contribution is 5.70. The van der Waals surface area contributed by atoms with Crippen LogP contribution in [0.3, 0.4) is 0 Å². The van der Waals surface area contributed by atoms with E-state index in [0.29, 0.717) is 6.42 Å². The summed E-state index contributed by atoms with van der Waals surface area (Å²) in [5, 5.41) is 8.74. The van der Waals surface area contributed by atoms with Crippen LogP contribution in [0.5, 0.6) is 0 Å². The summed E-state index contributed by atoms with van der Waals surface area (Å²) in [7, 11) is 0. The zero-order valence-electron chi connectivity index (χ0n) is 8.94. The highest BCUT2D eigenvalue weighted by Gasteiger charge is 2.11. The Kier molecular flexibility index (Phi) is 4.10. The van der Waals surface area contributed by atoms with Crippen LogP contribution in [0.1, 0.15) is 25.3 Å². The van der Waals surface area contributed by atoms with Gasteiger partial charge in [-0.1, -0.05) is 43.8 Å². The van der Waals surface area contributed by atoms with Crippen LogP contribution in [0.25, 0.3) is 5.57 Å². The van der Waals surface area contributed by atoms with Gasteiger partial charge in [-0.25, -0.2) is 0 Å². The summed E-state index contributed by atoms with van der Waals surface area (Å²) in [5.41, 5.74) is 2.10. The Morgan fingerprint density at radius 2 is 2.00 bits per heavy atom. The third-order valence-electron chi connectivity index (χ3n) is 2.48. The van der Waals surface area contributed by atoms with Crippen molar-refractivity contribution in [3.8, 4) is 0 Å². The number of rotatable bonds is 5. The van der Waals surface area contributed by atoms with Gasteiger partial charge in [-0.05, 0) is 24.0 Å². The molecule has 0 radical (unpaired) electrons. The third kappa shape index (κ3) is 3.58. The number of benzene rings is 1. The lowest BCUT2D eigenvalue weighted by molar-refractivity contribution is -0.141. The Bertz CT molecular complexity index is 341. The Balaban J connectivity index is 2.47. The number of carbonyl (C=O) groups is 1. The molecule has 1 atom stereocenters. The predicted octanol–water partition coefficient (Wildman–Crippen LogP) is 3.20. The molecule has 1 aromatic rings. The first kappa shape index (κ1) is 11.5. The van der Waals surface area contributed by atoms with Crippen LogP contribution < -0.4 is 0 Å². The smallest absolute Gasteiger partial charge is 0.306 e. The molecule has 0 fully saturated rings. The third-order valence-corrected chi connectivity index (χ3v) is 2.48. The average molecular weight is 204 g/mol. The van der Waals surface area contributed by atoms with Gasteiger partial charge in [-0.2, -0.15) is 0 Å². The second-order valence-electron chi connectivity index (χ2n) is 3.75. The quantitative estimate of drug-likeness (QED) is 0.799. The van der Waals surface area contributed by atoms with Crippen molar-refractivity contribution in [1.29, 1.82) is 0 Å². The molecule has 0 saturated heterocycles. The van der Waals surface area contributed by atoms with Crippen molar-refractivity contribution in [3.05, 3.63) is 42.5 Å². The molecule has 0 aliphatic heterocycles. The maximum Gasteiger partial charge on any atom is 0.306 e. The minimum atomic E-state index is -0.740. The van der Waals surface area contributed by atoms with Gasteiger partial charge in [0.15, 0.2) is 0 Å². The highest BCUT2D eigenvalue weighted by atomic mass is 16.4. The molecule has 1 N–H and O–H groups in total. The van der Waals surface area contributed by atoms with E-state index in [9.17, 15) is 4.79 Å². The lowest BCUT2D eigenvalue weighted by Crippen LogP contribution is -2.09. The number of allylic oxidation sites excluding steroid dienone is 1. The van der Waals surface area contributed by atoms with Gasteiger partial charge >= 0.3 is 5.97 Å². The summed E-state index contributed by atoms with van der Waals surface area (Å²) in [6.07, 6.45) is 1.38. The Morgan fingerprint density at radius 3 is 2.53 bits per heavy atom. The second kappa shape index (κ2) is 5.35. The SMILES string of the molecule is C=C(CCC(C)C(=O)O)c1ccccc1. The summed E-state index contributed by atoms with van der Waals surface area (Å²) in [6, 6.07) is 9.86. The van der Waals surface area contributed by atoms with E-state index in [1.165, 1.54) is 0 Å². The topological polar surface area (TPSA) is 37.3 Å². The number of hydrogen-bond acceptors (Lipinski definition) is 1. The minimum Gasteiger partial charge on any atom is -0.481 e. The lowest BCUT2D eigenvalue weighted by Gasteiger charge is -2.08. The van der Waals surface area contributed by atoms with Gasteiger partial charge in [0.25, 0.3) is 0 Å². The molecule has 1 rings (SSSR count). The Morgan fingerprint density at radius 1 is 1.40 bits per heavy atom. The summed E-state index contributed by atoms with van der Waals surface area (Å²) < 4.78 is 0. The van der Waals surface area contributed by atoms with Crippen molar-refractivity contribution >= 4 is 11.5 Å². The van der Waals surface area contributed by atoms with Gasteiger partial charge in [0.05, 0.1) is 5.92 Å². The van der Waals surface area contributed by atoms with Crippen LogP contribution >= 0.6 is 0 Å². The molecule has 1 unspecified atom stereocenters. The van der Waals surface area contributed by atoms with Crippen molar-refractivity contribution in [2.75, 3.05) is 0 Å². The minimum absolute atomic E-state index is 0.300. The van der Waals surface area contributed by atoms with Crippen LogP contribution in [0, 0.1) is 5.92 Å². The van der Waals surface area contributed by atoms with Crippen LogP contribution in [0.15, 0.2) is 36.9 Å². The molecule has 2 nitrogen and oxygen atoms in total. The number of aliphatic carboxylic acids is 1. The molecule has 0 aliphatic rings. The standard InChI is InChI=1S/C13H16O2/c1-10(8-9-11(2)13(14)15)12-6-4-3-5-7-12/h3-7,11H,1,8-9H2,2H3,(H,14,15). The fourth-order valence-electron chi connectivity index (χ4n) is 1.33. The number of hydrogen-bond donors (Lipinski definition) is 1. The molecule has 0 spiro atoms. The largest absolute Gasteiger partial charge is 0.481 e. The summed E-state index contributed by atoms with van der Waals surface area (Å²) in [5.74, 6) is -1.04. The molecule has 0 saturated carbocycles. The number of carboxylic acids is 1. The summed E-state index contributed by atoms with van der Waals surface area (Å²) in [4.78, 5) is 10.6. The maximum absolute atomic E-state index is 10.6. The molecule has 1 aromatic carbocycles. The van der Waals surface area contributed by atoms with Gasteiger partial charge in [0.1, 0.15) is 0 Å². The number of carboxylic acid groups (broad SMARTS) is 1. The van der Waals surface area contributed by atoms with E-state index in [1.807, 2.05) is 30.3 Å². The average Bonchev–Trinajstić information content (AvgIpc) is 2.26. The second-order valence-corrected chi connectivity index (χ2v) is 3.75. The molecule has 0 aliphatic carbocycles. The predicted molar refractivity (Wildman–Crippen MR) is 61.5 cm³/mol. The molecular weight excluding hydrogens is 188 g/mol. The first-order valence-electron chi connectivity index (χ1n) is 5.07. The molecular formula is C13H16O2. The van der Waals surface area contributed by atoms with Crippen LogP contribution in [-0.2, 0) is 4.79 Å². The van der Waals surface area contributed by atoms with Crippen molar-refractivity contribution in [2.24, 2.45) is 5.92 Å².